The summed E-state index contributed by atoms with van der Waals surface area (Å²) in [6.07, 6.45) is 8.14. The molecule has 3 rings (SSSR count). The molecule has 0 atom stereocenters. The lowest BCUT2D eigenvalue weighted by molar-refractivity contribution is -0.124. The molecule has 0 aromatic carbocycles. The summed E-state index contributed by atoms with van der Waals surface area (Å²) in [7, 11) is 1.52. The Hall–Kier alpha value is -2.21. The van der Waals surface area contributed by atoms with Crippen molar-refractivity contribution in [2.24, 2.45) is 0 Å². The fourth-order valence-electron chi connectivity index (χ4n) is 3.08. The monoisotopic (exact) mass is 314 g/mol. The zero-order chi connectivity index (χ0) is 16.1. The van der Waals surface area contributed by atoms with Crippen molar-refractivity contribution >= 4 is 5.91 Å². The fourth-order valence-corrected chi connectivity index (χ4v) is 3.08. The maximum Gasteiger partial charge on any atom is 0.246 e. The van der Waals surface area contributed by atoms with E-state index >= 15 is 0 Å². The van der Waals surface area contributed by atoms with Crippen molar-refractivity contribution in [3.05, 3.63) is 35.8 Å². The highest BCUT2D eigenvalue weighted by molar-refractivity contribution is 5.77. The van der Waals surface area contributed by atoms with E-state index in [9.17, 15) is 4.79 Å². The number of aromatic nitrogens is 3. The average molecular weight is 314 g/mol. The predicted octanol–water partition coefficient (Wildman–Crippen LogP) is 1.59. The number of ether oxygens (including phenoxy) is 1. The molecule has 6 heteroatoms. The summed E-state index contributed by atoms with van der Waals surface area (Å²) in [6.45, 7) is 1.34. The molecule has 0 saturated heterocycles. The summed E-state index contributed by atoms with van der Waals surface area (Å²) >= 11 is 0. The van der Waals surface area contributed by atoms with Gasteiger partial charge in [0.15, 0.2) is 0 Å². The van der Waals surface area contributed by atoms with E-state index in [0.717, 1.165) is 24.1 Å². The first-order valence-corrected chi connectivity index (χ1v) is 8.04. The summed E-state index contributed by atoms with van der Waals surface area (Å²) < 4.78 is 6.87. The Labute approximate surface area is 135 Å². The molecule has 0 bridgehead atoms. The molecule has 2 aromatic heterocycles. The highest BCUT2D eigenvalue weighted by Gasteiger charge is 2.21. The SMILES string of the molecule is COCC(=O)NCCn1nc(-c2ccncc2)c2c1CCCC2. The van der Waals surface area contributed by atoms with Gasteiger partial charge in [-0.3, -0.25) is 14.5 Å². The van der Waals surface area contributed by atoms with Crippen molar-refractivity contribution in [3.8, 4) is 11.3 Å². The predicted molar refractivity (Wildman–Crippen MR) is 87.0 cm³/mol. The molecular formula is C17H22N4O2. The molecule has 1 aliphatic rings. The summed E-state index contributed by atoms with van der Waals surface area (Å²) in [5.74, 6) is -0.0946. The van der Waals surface area contributed by atoms with Crippen LogP contribution in [-0.4, -0.2) is 40.9 Å². The highest BCUT2D eigenvalue weighted by Crippen LogP contribution is 2.30. The normalized spacial score (nSPS) is 13.6. The maximum atomic E-state index is 11.5. The van der Waals surface area contributed by atoms with Gasteiger partial charge >= 0.3 is 0 Å². The van der Waals surface area contributed by atoms with Crippen molar-refractivity contribution in [2.45, 2.75) is 32.2 Å². The van der Waals surface area contributed by atoms with Crippen molar-refractivity contribution in [3.63, 3.8) is 0 Å². The van der Waals surface area contributed by atoms with Gasteiger partial charge in [-0.05, 0) is 37.8 Å². The van der Waals surface area contributed by atoms with Gasteiger partial charge in [0, 0.05) is 42.9 Å². The van der Waals surface area contributed by atoms with E-state index in [-0.39, 0.29) is 12.5 Å². The lowest BCUT2D eigenvalue weighted by Crippen LogP contribution is -2.30. The number of pyridine rings is 1. The van der Waals surface area contributed by atoms with Gasteiger partial charge in [-0.25, -0.2) is 0 Å². The molecule has 1 N–H and O–H groups in total. The van der Waals surface area contributed by atoms with E-state index in [1.807, 2.05) is 12.1 Å². The van der Waals surface area contributed by atoms with E-state index in [1.165, 1.54) is 31.2 Å². The average Bonchev–Trinajstić information content (AvgIpc) is 2.95. The first kappa shape index (κ1) is 15.7. The molecule has 0 fully saturated rings. The number of fused-ring (bicyclic) bond motifs is 1. The first-order valence-electron chi connectivity index (χ1n) is 8.04. The number of methoxy groups -OCH3 is 1. The smallest absolute Gasteiger partial charge is 0.246 e. The third kappa shape index (κ3) is 3.59. The Morgan fingerprint density at radius 2 is 2.09 bits per heavy atom. The molecule has 122 valence electrons. The first-order chi connectivity index (χ1) is 11.3. The van der Waals surface area contributed by atoms with E-state index in [1.54, 1.807) is 12.4 Å². The summed E-state index contributed by atoms with van der Waals surface area (Å²) in [4.78, 5) is 15.6. The van der Waals surface area contributed by atoms with Crippen LogP contribution >= 0.6 is 0 Å². The number of carbonyl (C=O) groups is 1. The molecule has 0 unspecified atom stereocenters. The van der Waals surface area contributed by atoms with E-state index in [2.05, 4.69) is 15.0 Å². The van der Waals surface area contributed by atoms with E-state index in [4.69, 9.17) is 9.84 Å². The van der Waals surface area contributed by atoms with Gasteiger partial charge < -0.3 is 10.1 Å². The molecule has 2 heterocycles. The van der Waals surface area contributed by atoms with E-state index < -0.39 is 0 Å². The van der Waals surface area contributed by atoms with Crippen molar-refractivity contribution in [1.29, 1.82) is 0 Å². The topological polar surface area (TPSA) is 69.0 Å². The van der Waals surface area contributed by atoms with Crippen LogP contribution in [0, 0.1) is 0 Å². The second-order valence-electron chi connectivity index (χ2n) is 5.72. The van der Waals surface area contributed by atoms with Crippen LogP contribution in [0.1, 0.15) is 24.1 Å². The Balaban J connectivity index is 1.78. The standard InChI is InChI=1S/C17H22N4O2/c1-23-12-16(22)19-10-11-21-15-5-3-2-4-14(15)17(20-21)13-6-8-18-9-7-13/h6-9H,2-5,10-12H2,1H3,(H,19,22). The minimum atomic E-state index is -0.0946. The number of hydrogen-bond donors (Lipinski definition) is 1. The second-order valence-corrected chi connectivity index (χ2v) is 5.72. The van der Waals surface area contributed by atoms with Gasteiger partial charge in [0.05, 0.1) is 12.2 Å². The summed E-state index contributed by atoms with van der Waals surface area (Å²) in [6, 6.07) is 4.00. The van der Waals surface area contributed by atoms with Crippen LogP contribution in [0.2, 0.25) is 0 Å². The Bertz CT molecular complexity index is 667. The Kier molecular flexibility index (Phi) is 5.02. The lowest BCUT2D eigenvalue weighted by atomic mass is 9.94. The molecule has 6 nitrogen and oxygen atoms in total. The Morgan fingerprint density at radius 3 is 2.87 bits per heavy atom. The van der Waals surface area contributed by atoms with Crippen LogP contribution in [0.4, 0.5) is 0 Å². The molecule has 1 amide bonds. The zero-order valence-electron chi connectivity index (χ0n) is 13.4. The van der Waals surface area contributed by atoms with Crippen LogP contribution in [0.3, 0.4) is 0 Å². The van der Waals surface area contributed by atoms with Gasteiger partial charge in [-0.2, -0.15) is 5.10 Å². The zero-order valence-corrected chi connectivity index (χ0v) is 13.4. The quantitative estimate of drug-likeness (QED) is 0.879. The molecule has 0 aliphatic heterocycles. The Morgan fingerprint density at radius 1 is 1.30 bits per heavy atom. The number of carbonyl (C=O) groups excluding carboxylic acids is 1. The minimum Gasteiger partial charge on any atom is -0.375 e. The molecule has 2 aromatic rings. The molecular weight excluding hydrogens is 292 g/mol. The minimum absolute atomic E-state index is 0.0946. The van der Waals surface area contributed by atoms with Crippen LogP contribution in [0.15, 0.2) is 24.5 Å². The van der Waals surface area contributed by atoms with Crippen molar-refractivity contribution < 1.29 is 9.53 Å². The summed E-state index contributed by atoms with van der Waals surface area (Å²) in [5, 5.41) is 7.66. The third-order valence-corrected chi connectivity index (χ3v) is 4.13. The summed E-state index contributed by atoms with van der Waals surface area (Å²) in [5.41, 5.74) is 4.83. The number of amides is 1. The van der Waals surface area contributed by atoms with Crippen molar-refractivity contribution in [1.82, 2.24) is 20.1 Å². The molecule has 0 radical (unpaired) electrons. The number of rotatable bonds is 6. The van der Waals surface area contributed by atoms with Crippen LogP contribution in [-0.2, 0) is 28.9 Å². The number of hydrogen-bond acceptors (Lipinski definition) is 4. The lowest BCUT2D eigenvalue weighted by Gasteiger charge is -2.14. The van der Waals surface area contributed by atoms with Crippen molar-refractivity contribution in [2.75, 3.05) is 20.3 Å². The molecule has 23 heavy (non-hydrogen) atoms. The maximum absolute atomic E-state index is 11.5. The van der Waals surface area contributed by atoms with Gasteiger partial charge in [0.25, 0.3) is 0 Å². The van der Waals surface area contributed by atoms with E-state index in [0.29, 0.717) is 13.1 Å². The molecule has 1 aliphatic carbocycles. The second kappa shape index (κ2) is 7.37. The molecule has 0 spiro atoms. The fraction of sp³-hybridized carbons (Fsp3) is 0.471. The number of nitrogens with one attached hydrogen (secondary N) is 1. The van der Waals surface area contributed by atoms with Gasteiger partial charge in [0.1, 0.15) is 6.61 Å². The van der Waals surface area contributed by atoms with Crippen LogP contribution in [0.5, 0.6) is 0 Å². The third-order valence-electron chi connectivity index (χ3n) is 4.13. The van der Waals surface area contributed by atoms with Crippen LogP contribution in [0.25, 0.3) is 11.3 Å². The van der Waals surface area contributed by atoms with Gasteiger partial charge in [-0.1, -0.05) is 0 Å². The number of nitrogens with zero attached hydrogens (tertiary/aromatic N) is 3. The largest absolute Gasteiger partial charge is 0.375 e. The van der Waals surface area contributed by atoms with Gasteiger partial charge in [-0.15, -0.1) is 0 Å². The van der Waals surface area contributed by atoms with Crippen LogP contribution < -0.4 is 5.32 Å². The highest BCUT2D eigenvalue weighted by atomic mass is 16.5. The van der Waals surface area contributed by atoms with Gasteiger partial charge in [0.2, 0.25) is 5.91 Å². The molecule has 0 saturated carbocycles.